The molecule has 0 amide bonds. The minimum absolute atomic E-state index is 0.431. The molecular formula is C20H21FN2O. The third kappa shape index (κ3) is 5.85. The van der Waals surface area contributed by atoms with E-state index in [1.165, 1.54) is 0 Å². The molecule has 0 fully saturated rings. The first kappa shape index (κ1) is 17.7. The van der Waals surface area contributed by atoms with Crippen LogP contribution >= 0.6 is 0 Å². The molecular weight excluding hydrogens is 303 g/mol. The zero-order valence-corrected chi connectivity index (χ0v) is 13.8. The summed E-state index contributed by atoms with van der Waals surface area (Å²) in [7, 11) is 0. The van der Waals surface area contributed by atoms with Crippen molar-refractivity contribution in [2.75, 3.05) is 6.61 Å². The Morgan fingerprint density at radius 2 is 1.96 bits per heavy atom. The molecule has 0 spiro atoms. The van der Waals surface area contributed by atoms with E-state index in [1.807, 2.05) is 24.3 Å². The van der Waals surface area contributed by atoms with Crippen molar-refractivity contribution in [2.24, 2.45) is 0 Å². The van der Waals surface area contributed by atoms with Crippen molar-refractivity contribution in [1.82, 2.24) is 9.97 Å². The molecule has 0 radical (unpaired) electrons. The van der Waals surface area contributed by atoms with Gasteiger partial charge in [0.25, 0.3) is 0 Å². The quantitative estimate of drug-likeness (QED) is 0.424. The van der Waals surface area contributed by atoms with Crippen LogP contribution in [0, 0.1) is 11.8 Å². The zero-order chi connectivity index (χ0) is 17.2. The highest BCUT2D eigenvalue weighted by Crippen LogP contribution is 2.17. The highest BCUT2D eigenvalue weighted by atomic mass is 19.1. The first-order valence-electron chi connectivity index (χ1n) is 7.98. The van der Waals surface area contributed by atoms with E-state index >= 15 is 0 Å². The van der Waals surface area contributed by atoms with E-state index in [-0.39, 0.29) is 0 Å². The van der Waals surface area contributed by atoms with Crippen LogP contribution in [0.4, 0.5) is 4.39 Å². The molecule has 1 unspecified atom stereocenters. The van der Waals surface area contributed by atoms with Crippen molar-refractivity contribution < 1.29 is 9.13 Å². The van der Waals surface area contributed by atoms with Gasteiger partial charge in [0.1, 0.15) is 6.61 Å². The molecule has 3 nitrogen and oxygen atoms in total. The molecule has 0 aliphatic heterocycles. The number of nitrogens with zero attached hydrogens (tertiary/aromatic N) is 2. The van der Waals surface area contributed by atoms with E-state index in [0.29, 0.717) is 31.0 Å². The Hall–Kier alpha value is -2.67. The maximum absolute atomic E-state index is 12.7. The molecule has 1 heterocycles. The van der Waals surface area contributed by atoms with Gasteiger partial charge in [0.05, 0.1) is 18.6 Å². The standard InChI is InChI=1S/C20H21FN2O/c1-3-13-24-19-14-22-20(23-15-19)18-11-9-17(10-12-18)8-6-4-5-7-16(2)21/h3,9-12,14-16H,1,4-5,7,13H2,2H3. The molecule has 24 heavy (non-hydrogen) atoms. The van der Waals surface area contributed by atoms with Crippen LogP contribution in [0.15, 0.2) is 49.3 Å². The highest BCUT2D eigenvalue weighted by molar-refractivity contribution is 5.56. The summed E-state index contributed by atoms with van der Waals surface area (Å²) in [5.74, 6) is 7.41. The molecule has 1 atom stereocenters. The third-order valence-electron chi connectivity index (χ3n) is 3.28. The molecule has 2 aromatic rings. The van der Waals surface area contributed by atoms with Crippen molar-refractivity contribution in [3.8, 4) is 29.0 Å². The van der Waals surface area contributed by atoms with Gasteiger partial charge in [-0.1, -0.05) is 24.5 Å². The van der Waals surface area contributed by atoms with Crippen molar-refractivity contribution >= 4 is 0 Å². The van der Waals surface area contributed by atoms with Crippen LogP contribution in [0.25, 0.3) is 11.4 Å². The van der Waals surface area contributed by atoms with Gasteiger partial charge in [0, 0.05) is 17.5 Å². The van der Waals surface area contributed by atoms with Gasteiger partial charge in [-0.3, -0.25) is 0 Å². The molecule has 0 bridgehead atoms. The molecule has 2 rings (SSSR count). The first-order chi connectivity index (χ1) is 11.7. The summed E-state index contributed by atoms with van der Waals surface area (Å²) < 4.78 is 18.0. The van der Waals surface area contributed by atoms with E-state index in [4.69, 9.17) is 4.74 Å². The Morgan fingerprint density at radius 3 is 2.58 bits per heavy atom. The predicted octanol–water partition coefficient (Wildman–Crippen LogP) is 4.59. The van der Waals surface area contributed by atoms with Gasteiger partial charge < -0.3 is 4.74 Å². The molecule has 0 aliphatic rings. The van der Waals surface area contributed by atoms with E-state index in [2.05, 4.69) is 28.4 Å². The molecule has 124 valence electrons. The highest BCUT2D eigenvalue weighted by Gasteiger charge is 2.02. The molecule has 1 aromatic carbocycles. The van der Waals surface area contributed by atoms with Crippen LogP contribution in [-0.2, 0) is 0 Å². The van der Waals surface area contributed by atoms with Crippen molar-refractivity contribution in [2.45, 2.75) is 32.4 Å². The van der Waals surface area contributed by atoms with E-state index in [0.717, 1.165) is 17.5 Å². The minimum atomic E-state index is -0.750. The minimum Gasteiger partial charge on any atom is -0.486 e. The second-order valence-electron chi connectivity index (χ2n) is 5.39. The summed E-state index contributed by atoms with van der Waals surface area (Å²) in [5.41, 5.74) is 1.85. The molecule has 0 saturated carbocycles. The Balaban J connectivity index is 1.94. The summed E-state index contributed by atoms with van der Waals surface area (Å²) in [6.07, 6.45) is 6.28. The lowest BCUT2D eigenvalue weighted by atomic mass is 10.1. The van der Waals surface area contributed by atoms with Crippen molar-refractivity contribution in [3.63, 3.8) is 0 Å². The molecule has 4 heteroatoms. The number of unbranched alkanes of at least 4 members (excludes halogenated alkanes) is 1. The number of aromatic nitrogens is 2. The second kappa shape index (κ2) is 9.46. The topological polar surface area (TPSA) is 35.0 Å². The second-order valence-corrected chi connectivity index (χ2v) is 5.39. The fraction of sp³-hybridized carbons (Fsp3) is 0.300. The fourth-order valence-corrected chi connectivity index (χ4v) is 2.03. The predicted molar refractivity (Wildman–Crippen MR) is 94.5 cm³/mol. The molecule has 0 saturated heterocycles. The smallest absolute Gasteiger partial charge is 0.159 e. The molecule has 0 N–H and O–H groups in total. The van der Waals surface area contributed by atoms with Gasteiger partial charge >= 0.3 is 0 Å². The van der Waals surface area contributed by atoms with Gasteiger partial charge in [0.15, 0.2) is 11.6 Å². The average molecular weight is 324 g/mol. The van der Waals surface area contributed by atoms with E-state index in [1.54, 1.807) is 25.4 Å². The van der Waals surface area contributed by atoms with Crippen molar-refractivity contribution in [3.05, 3.63) is 54.9 Å². The first-order valence-corrected chi connectivity index (χ1v) is 7.98. The van der Waals surface area contributed by atoms with Crippen molar-refractivity contribution in [1.29, 1.82) is 0 Å². The van der Waals surface area contributed by atoms with E-state index in [9.17, 15) is 4.39 Å². The van der Waals surface area contributed by atoms with Crippen LogP contribution in [0.3, 0.4) is 0 Å². The number of rotatable bonds is 7. The monoisotopic (exact) mass is 324 g/mol. The van der Waals surface area contributed by atoms with Crippen LogP contribution in [-0.4, -0.2) is 22.7 Å². The van der Waals surface area contributed by atoms with Gasteiger partial charge in [-0.25, -0.2) is 14.4 Å². The number of benzene rings is 1. The lowest BCUT2D eigenvalue weighted by Crippen LogP contribution is -1.95. The molecule has 1 aromatic heterocycles. The largest absolute Gasteiger partial charge is 0.486 e. The average Bonchev–Trinajstić information content (AvgIpc) is 2.60. The Labute approximate surface area is 142 Å². The maximum atomic E-state index is 12.7. The lowest BCUT2D eigenvalue weighted by molar-refractivity contribution is 0.336. The van der Waals surface area contributed by atoms with Gasteiger partial charge in [-0.2, -0.15) is 0 Å². The zero-order valence-electron chi connectivity index (χ0n) is 13.8. The number of alkyl halides is 1. The summed E-state index contributed by atoms with van der Waals surface area (Å²) >= 11 is 0. The number of hydrogen-bond acceptors (Lipinski definition) is 3. The Morgan fingerprint density at radius 1 is 1.25 bits per heavy atom. The summed E-state index contributed by atoms with van der Waals surface area (Å²) in [4.78, 5) is 8.59. The van der Waals surface area contributed by atoms with Crippen LogP contribution in [0.5, 0.6) is 5.75 Å². The number of ether oxygens (including phenoxy) is 1. The number of hydrogen-bond donors (Lipinski definition) is 0. The van der Waals surface area contributed by atoms with E-state index < -0.39 is 6.17 Å². The third-order valence-corrected chi connectivity index (χ3v) is 3.28. The normalized spacial score (nSPS) is 11.2. The van der Waals surface area contributed by atoms with Crippen LogP contribution < -0.4 is 4.74 Å². The van der Waals surface area contributed by atoms with Crippen LogP contribution in [0.2, 0.25) is 0 Å². The van der Waals surface area contributed by atoms with Crippen LogP contribution in [0.1, 0.15) is 31.7 Å². The number of halogens is 1. The lowest BCUT2D eigenvalue weighted by Gasteiger charge is -2.03. The fourth-order valence-electron chi connectivity index (χ4n) is 2.03. The SMILES string of the molecule is C=CCOc1cnc(-c2ccc(C#CCCCC(C)F)cc2)nc1. The van der Waals surface area contributed by atoms with Gasteiger partial charge in [-0.05, 0) is 44.0 Å². The maximum Gasteiger partial charge on any atom is 0.159 e. The summed E-state index contributed by atoms with van der Waals surface area (Å²) in [6, 6.07) is 7.75. The Bertz CT molecular complexity index is 697. The Kier molecular flexibility index (Phi) is 6.97. The van der Waals surface area contributed by atoms with Gasteiger partial charge in [0.2, 0.25) is 0 Å². The van der Waals surface area contributed by atoms with Gasteiger partial charge in [-0.15, -0.1) is 0 Å². The summed E-state index contributed by atoms with van der Waals surface area (Å²) in [6.45, 7) is 5.60. The summed E-state index contributed by atoms with van der Waals surface area (Å²) in [5, 5.41) is 0. The molecule has 0 aliphatic carbocycles.